The van der Waals surface area contributed by atoms with Crippen LogP contribution >= 0.6 is 0 Å². The molecular weight excluding hydrogens is 482 g/mol. The Morgan fingerprint density at radius 3 is 1.76 bits per heavy atom. The van der Waals surface area contributed by atoms with Gasteiger partial charge >= 0.3 is 0 Å². The van der Waals surface area contributed by atoms with E-state index in [0.29, 0.717) is 18.6 Å². The molecule has 0 spiro atoms. The molecule has 0 amide bonds. The van der Waals surface area contributed by atoms with E-state index in [1.165, 1.54) is 84.2 Å². The first-order valence-corrected chi connectivity index (χ1v) is 15.2. The summed E-state index contributed by atoms with van der Waals surface area (Å²) in [5.74, 6) is 2.21. The summed E-state index contributed by atoms with van der Waals surface area (Å²) in [7, 11) is 1.25. The van der Waals surface area contributed by atoms with Gasteiger partial charge in [0.15, 0.2) is 11.5 Å². The maximum atomic E-state index is 14.1. The Labute approximate surface area is 229 Å². The number of allylic oxidation sites excluding steroid dienone is 3. The van der Waals surface area contributed by atoms with Gasteiger partial charge in [-0.25, -0.2) is 0 Å². The number of hydrogen-bond donors (Lipinski definition) is 0. The molecule has 38 heavy (non-hydrogen) atoms. The van der Waals surface area contributed by atoms with Crippen LogP contribution < -0.4 is 0 Å². The van der Waals surface area contributed by atoms with Crippen LogP contribution in [-0.2, 0) is 14.2 Å². The fourth-order valence-corrected chi connectivity index (χ4v) is 7.82. The van der Waals surface area contributed by atoms with Gasteiger partial charge in [0.05, 0.1) is 26.4 Å². The van der Waals surface area contributed by atoms with Crippen molar-refractivity contribution >= 4 is 0 Å². The molecule has 0 aromatic carbocycles. The highest BCUT2D eigenvalue weighted by atomic mass is 19.2. The minimum atomic E-state index is -1.15. The second-order valence-corrected chi connectivity index (χ2v) is 12.6. The third kappa shape index (κ3) is 7.52. The first-order chi connectivity index (χ1) is 18.4. The van der Waals surface area contributed by atoms with Gasteiger partial charge < -0.3 is 14.2 Å². The lowest BCUT2D eigenvalue weighted by Crippen LogP contribution is -2.38. The highest BCUT2D eigenvalue weighted by Crippen LogP contribution is 2.45. The molecule has 0 aromatic rings. The minimum Gasteiger partial charge on any atom is -0.494 e. The Balaban J connectivity index is 1.11. The van der Waals surface area contributed by atoms with Gasteiger partial charge in [0.2, 0.25) is 11.7 Å². The zero-order valence-corrected chi connectivity index (χ0v) is 23.6. The van der Waals surface area contributed by atoms with Crippen molar-refractivity contribution in [3.63, 3.8) is 0 Å². The van der Waals surface area contributed by atoms with Gasteiger partial charge in [-0.3, -0.25) is 0 Å². The zero-order valence-electron chi connectivity index (χ0n) is 23.6. The Kier molecular flexibility index (Phi) is 10.9. The Bertz CT molecular complexity index is 819. The minimum absolute atomic E-state index is 0.280. The van der Waals surface area contributed by atoms with E-state index in [1.54, 1.807) is 0 Å². The molecule has 3 aliphatic carbocycles. The average Bonchev–Trinajstić information content (AvgIpc) is 2.99. The van der Waals surface area contributed by atoms with Crippen molar-refractivity contribution in [2.75, 3.05) is 20.3 Å². The molecule has 0 radical (unpaired) electrons. The van der Waals surface area contributed by atoms with Gasteiger partial charge in [0, 0.05) is 0 Å². The fourth-order valence-electron chi connectivity index (χ4n) is 7.82. The Hall–Kier alpha value is -1.62. The van der Waals surface area contributed by atoms with Crippen LogP contribution in [0.3, 0.4) is 0 Å². The third-order valence-electron chi connectivity index (χ3n) is 10.5. The number of rotatable bonds is 10. The largest absolute Gasteiger partial charge is 0.494 e. The molecule has 3 nitrogen and oxygen atoms in total. The lowest BCUT2D eigenvalue weighted by Gasteiger charge is -2.42. The van der Waals surface area contributed by atoms with Crippen LogP contribution in [0.25, 0.3) is 0 Å². The van der Waals surface area contributed by atoms with Gasteiger partial charge in [-0.05, 0) is 131 Å². The summed E-state index contributed by atoms with van der Waals surface area (Å²) in [6.07, 6.45) is 20.5. The highest BCUT2D eigenvalue weighted by molar-refractivity contribution is 5.29. The molecule has 4 rings (SSSR count). The van der Waals surface area contributed by atoms with Crippen molar-refractivity contribution in [1.82, 2.24) is 0 Å². The lowest BCUT2D eigenvalue weighted by atomic mass is 9.67. The van der Waals surface area contributed by atoms with Crippen molar-refractivity contribution < 1.29 is 23.0 Å². The SMILES string of the molecule is C=CC1CCC(C2CCC(C3CCC(C4CCC(COC(=C)/C(F)=C(/F)C(=C)OC)CC4)CC3)OC2)CC1. The molecule has 0 bridgehead atoms. The quantitative estimate of drug-likeness (QED) is 0.159. The normalized spacial score (nSPS) is 37.0. The van der Waals surface area contributed by atoms with Crippen LogP contribution in [0.2, 0.25) is 0 Å². The van der Waals surface area contributed by atoms with Crippen LogP contribution in [-0.4, -0.2) is 26.4 Å². The molecule has 0 aromatic heterocycles. The molecule has 0 N–H and O–H groups in total. The molecule has 5 heteroatoms. The predicted molar refractivity (Wildman–Crippen MR) is 149 cm³/mol. The van der Waals surface area contributed by atoms with Crippen LogP contribution in [0.15, 0.2) is 49.0 Å². The van der Waals surface area contributed by atoms with Crippen molar-refractivity contribution in [1.29, 1.82) is 0 Å². The van der Waals surface area contributed by atoms with Gasteiger partial charge in [-0.1, -0.05) is 19.2 Å². The van der Waals surface area contributed by atoms with Crippen LogP contribution in [0.4, 0.5) is 8.78 Å². The van der Waals surface area contributed by atoms with E-state index in [-0.39, 0.29) is 11.5 Å². The Morgan fingerprint density at radius 2 is 1.21 bits per heavy atom. The molecule has 2 unspecified atom stereocenters. The third-order valence-corrected chi connectivity index (χ3v) is 10.5. The summed E-state index contributed by atoms with van der Waals surface area (Å²) < 4.78 is 44.6. The van der Waals surface area contributed by atoms with E-state index in [0.717, 1.165) is 55.0 Å². The molecule has 1 aliphatic heterocycles. The van der Waals surface area contributed by atoms with Crippen molar-refractivity contribution in [3.05, 3.63) is 49.0 Å². The van der Waals surface area contributed by atoms with Gasteiger partial charge in [0.1, 0.15) is 0 Å². The lowest BCUT2D eigenvalue weighted by molar-refractivity contribution is -0.0754. The number of halogens is 2. The zero-order chi connectivity index (χ0) is 27.1. The average molecular weight is 533 g/mol. The van der Waals surface area contributed by atoms with Crippen LogP contribution in [0.1, 0.15) is 89.9 Å². The van der Waals surface area contributed by atoms with E-state index >= 15 is 0 Å². The van der Waals surface area contributed by atoms with Crippen molar-refractivity contribution in [2.24, 2.45) is 41.4 Å². The second kappa shape index (κ2) is 14.1. The number of ether oxygens (including phenoxy) is 3. The van der Waals surface area contributed by atoms with E-state index in [4.69, 9.17) is 9.47 Å². The van der Waals surface area contributed by atoms with Gasteiger partial charge in [-0.2, -0.15) is 8.78 Å². The van der Waals surface area contributed by atoms with E-state index in [1.807, 2.05) is 0 Å². The maximum Gasteiger partial charge on any atom is 0.203 e. The summed E-state index contributed by atoms with van der Waals surface area (Å²) in [4.78, 5) is 0. The first-order valence-electron chi connectivity index (χ1n) is 15.2. The first kappa shape index (κ1) is 29.4. The molecule has 3 saturated carbocycles. The van der Waals surface area contributed by atoms with Crippen LogP contribution in [0.5, 0.6) is 0 Å². The fraction of sp³-hybridized carbons (Fsp3) is 0.758. The molecule has 214 valence electrons. The van der Waals surface area contributed by atoms with Gasteiger partial charge in [0.25, 0.3) is 0 Å². The molecular formula is C33H50F2O3. The second-order valence-electron chi connectivity index (χ2n) is 12.6. The number of hydrogen-bond acceptors (Lipinski definition) is 3. The standard InChI is InChI=1S/C33H50F2O3/c1-5-24-6-10-28(11-7-24)30-18-19-31(38-21-30)29-16-14-27(15-17-29)26-12-8-25(9-13-26)20-37-23(3)33(35)32(34)22(2)36-4/h5,24-31H,1-3,6-21H2,4H3/b33-32-. The van der Waals surface area contributed by atoms with Crippen molar-refractivity contribution in [3.8, 4) is 0 Å². The summed E-state index contributed by atoms with van der Waals surface area (Å²) in [6.45, 7) is 12.2. The molecule has 4 fully saturated rings. The van der Waals surface area contributed by atoms with E-state index in [2.05, 4.69) is 30.5 Å². The summed E-state index contributed by atoms with van der Waals surface area (Å²) in [5.41, 5.74) is 0. The topological polar surface area (TPSA) is 27.7 Å². The molecule has 2 atom stereocenters. The molecule has 1 saturated heterocycles. The highest BCUT2D eigenvalue weighted by Gasteiger charge is 2.37. The summed E-state index contributed by atoms with van der Waals surface area (Å²) in [6, 6.07) is 0. The number of methoxy groups -OCH3 is 1. The monoisotopic (exact) mass is 532 g/mol. The smallest absolute Gasteiger partial charge is 0.203 e. The molecule has 4 aliphatic rings. The maximum absolute atomic E-state index is 14.1. The van der Waals surface area contributed by atoms with Crippen molar-refractivity contribution in [2.45, 2.75) is 96.0 Å². The van der Waals surface area contributed by atoms with E-state index in [9.17, 15) is 8.78 Å². The molecule has 1 heterocycles. The summed E-state index contributed by atoms with van der Waals surface area (Å²) in [5, 5.41) is 0. The predicted octanol–water partition coefficient (Wildman–Crippen LogP) is 9.23. The summed E-state index contributed by atoms with van der Waals surface area (Å²) >= 11 is 0. The van der Waals surface area contributed by atoms with Gasteiger partial charge in [-0.15, -0.1) is 6.58 Å². The van der Waals surface area contributed by atoms with E-state index < -0.39 is 11.7 Å². The Morgan fingerprint density at radius 1 is 0.711 bits per heavy atom. The van der Waals surface area contributed by atoms with Crippen LogP contribution in [0, 0.1) is 41.4 Å².